The van der Waals surface area contributed by atoms with Gasteiger partial charge >= 0.3 is 0 Å². The zero-order valence-electron chi connectivity index (χ0n) is 11.8. The number of aliphatic hydroxyl groups is 1. The molecule has 5 heteroatoms. The second kappa shape index (κ2) is 5.63. The largest absolute Gasteiger partial charge is 0.467 e. The molecule has 1 heterocycles. The Morgan fingerprint density at radius 3 is 2.40 bits per heavy atom. The summed E-state index contributed by atoms with van der Waals surface area (Å²) in [5, 5.41) is 10.5. The molecule has 2 rings (SSSR count). The maximum absolute atomic E-state index is 12.9. The Bertz CT molecular complexity index is 532. The third-order valence-corrected chi connectivity index (χ3v) is 3.05. The van der Waals surface area contributed by atoms with Gasteiger partial charge in [0.15, 0.2) is 0 Å². The summed E-state index contributed by atoms with van der Waals surface area (Å²) in [6, 6.07) is 5.72. The summed E-state index contributed by atoms with van der Waals surface area (Å²) < 4.78 is 20.4. The van der Waals surface area contributed by atoms with E-state index in [1.54, 1.807) is 23.3 Å². The molecule has 108 valence electrons. The van der Waals surface area contributed by atoms with Gasteiger partial charge in [-0.15, -0.1) is 0 Å². The average Bonchev–Trinajstić information content (AvgIpc) is 2.90. The molecule has 2 atom stereocenters. The number of aliphatic hydroxyl groups excluding tert-OH is 1. The number of ether oxygens (including phenoxy) is 1. The van der Waals surface area contributed by atoms with Crippen molar-refractivity contribution in [3.63, 3.8) is 0 Å². The maximum atomic E-state index is 12.9. The Kier molecular flexibility index (Phi) is 4.09. The van der Waals surface area contributed by atoms with E-state index >= 15 is 0 Å². The van der Waals surface area contributed by atoms with Gasteiger partial charge in [-0.05, 0) is 29.7 Å². The number of hydrogen-bond donors (Lipinski definition) is 1. The summed E-state index contributed by atoms with van der Waals surface area (Å²) >= 11 is 0. The van der Waals surface area contributed by atoms with E-state index in [2.05, 4.69) is 4.98 Å². The number of imidazole rings is 1. The third-order valence-electron chi connectivity index (χ3n) is 3.05. The number of benzene rings is 1. The predicted molar refractivity (Wildman–Crippen MR) is 73.8 cm³/mol. The van der Waals surface area contributed by atoms with Gasteiger partial charge in [0.1, 0.15) is 17.7 Å². The normalized spacial score (nSPS) is 14.8. The van der Waals surface area contributed by atoms with Crippen molar-refractivity contribution in [1.82, 2.24) is 9.55 Å². The summed E-state index contributed by atoms with van der Waals surface area (Å²) in [6.45, 7) is 5.78. The van der Waals surface area contributed by atoms with E-state index in [0.717, 1.165) is 0 Å². The molecule has 0 spiro atoms. The fourth-order valence-electron chi connectivity index (χ4n) is 1.79. The van der Waals surface area contributed by atoms with Crippen LogP contribution in [0.15, 0.2) is 43.0 Å². The fraction of sp³-hybridized carbons (Fsp3) is 0.400. The molecular formula is C15H19FN2O2. The van der Waals surface area contributed by atoms with Crippen LogP contribution >= 0.6 is 0 Å². The molecule has 2 unspecified atom stereocenters. The summed E-state index contributed by atoms with van der Waals surface area (Å²) in [5.74, 6) is 0.168. The van der Waals surface area contributed by atoms with E-state index in [1.165, 1.54) is 24.3 Å². The van der Waals surface area contributed by atoms with E-state index in [0.29, 0.717) is 5.75 Å². The molecule has 1 aromatic heterocycles. The molecule has 1 N–H and O–H groups in total. The van der Waals surface area contributed by atoms with Crippen LogP contribution in [0.4, 0.5) is 4.39 Å². The van der Waals surface area contributed by atoms with E-state index in [-0.39, 0.29) is 11.2 Å². The second-order valence-corrected chi connectivity index (χ2v) is 5.78. The molecular weight excluding hydrogens is 259 g/mol. The van der Waals surface area contributed by atoms with Crippen LogP contribution in [0.3, 0.4) is 0 Å². The highest BCUT2D eigenvalue weighted by Gasteiger charge is 2.33. The Morgan fingerprint density at radius 2 is 1.90 bits per heavy atom. The van der Waals surface area contributed by atoms with Crippen molar-refractivity contribution in [2.75, 3.05) is 0 Å². The Labute approximate surface area is 117 Å². The first-order valence-corrected chi connectivity index (χ1v) is 6.45. The smallest absolute Gasteiger partial charge is 0.203 e. The predicted octanol–water partition coefficient (Wildman–Crippen LogP) is 3.01. The van der Waals surface area contributed by atoms with Crippen molar-refractivity contribution in [3.8, 4) is 5.75 Å². The standard InChI is InChI=1S/C15H19FN2O2/c1-15(2,3)13(19)14(18-9-8-17-10-18)20-12-6-4-11(16)5-7-12/h4-10,13-14,19H,1-3H3. The Balaban J connectivity index is 2.26. The van der Waals surface area contributed by atoms with Gasteiger partial charge in [-0.3, -0.25) is 4.57 Å². The van der Waals surface area contributed by atoms with Crippen molar-refractivity contribution in [2.24, 2.45) is 5.41 Å². The van der Waals surface area contributed by atoms with Gasteiger partial charge in [0.05, 0.1) is 6.33 Å². The first kappa shape index (κ1) is 14.5. The second-order valence-electron chi connectivity index (χ2n) is 5.78. The molecule has 0 aliphatic carbocycles. The van der Waals surface area contributed by atoms with Gasteiger partial charge in [0.25, 0.3) is 0 Å². The van der Waals surface area contributed by atoms with Crippen LogP contribution in [0, 0.1) is 11.2 Å². The molecule has 0 saturated carbocycles. The quantitative estimate of drug-likeness (QED) is 0.935. The highest BCUT2D eigenvalue weighted by molar-refractivity contribution is 5.22. The van der Waals surface area contributed by atoms with E-state index in [9.17, 15) is 9.50 Å². The first-order valence-electron chi connectivity index (χ1n) is 6.45. The summed E-state index contributed by atoms with van der Waals surface area (Å²) in [4.78, 5) is 3.98. The molecule has 0 aliphatic rings. The van der Waals surface area contributed by atoms with Crippen LogP contribution in [0.25, 0.3) is 0 Å². The molecule has 2 aromatic rings. The molecule has 0 fully saturated rings. The average molecular weight is 278 g/mol. The molecule has 0 aliphatic heterocycles. The van der Waals surface area contributed by atoms with Crippen LogP contribution in [-0.2, 0) is 0 Å². The summed E-state index contributed by atoms with van der Waals surface area (Å²) in [7, 11) is 0. The minimum Gasteiger partial charge on any atom is -0.467 e. The van der Waals surface area contributed by atoms with Crippen LogP contribution in [0.5, 0.6) is 5.75 Å². The highest BCUT2D eigenvalue weighted by atomic mass is 19.1. The van der Waals surface area contributed by atoms with Crippen molar-refractivity contribution in [3.05, 3.63) is 48.8 Å². The topological polar surface area (TPSA) is 47.3 Å². The number of aromatic nitrogens is 2. The van der Waals surface area contributed by atoms with Crippen molar-refractivity contribution >= 4 is 0 Å². The Morgan fingerprint density at radius 1 is 1.25 bits per heavy atom. The van der Waals surface area contributed by atoms with E-state index in [1.807, 2.05) is 20.8 Å². The van der Waals surface area contributed by atoms with Gasteiger partial charge in [-0.25, -0.2) is 9.37 Å². The zero-order valence-corrected chi connectivity index (χ0v) is 11.8. The lowest BCUT2D eigenvalue weighted by molar-refractivity contribution is -0.0675. The molecule has 20 heavy (non-hydrogen) atoms. The van der Waals surface area contributed by atoms with E-state index < -0.39 is 12.3 Å². The highest BCUT2D eigenvalue weighted by Crippen LogP contribution is 2.30. The minimum atomic E-state index is -0.748. The number of rotatable bonds is 4. The van der Waals surface area contributed by atoms with Crippen LogP contribution in [-0.4, -0.2) is 20.8 Å². The SMILES string of the molecule is CC(C)(C)C(O)C(Oc1ccc(F)cc1)n1ccnc1. The van der Waals surface area contributed by atoms with E-state index in [4.69, 9.17) is 4.74 Å². The lowest BCUT2D eigenvalue weighted by Gasteiger charge is -2.33. The number of hydrogen-bond acceptors (Lipinski definition) is 3. The number of nitrogens with zero attached hydrogens (tertiary/aromatic N) is 2. The fourth-order valence-corrected chi connectivity index (χ4v) is 1.79. The monoisotopic (exact) mass is 278 g/mol. The Hall–Kier alpha value is -1.88. The summed E-state index contributed by atoms with van der Waals surface area (Å²) in [5.41, 5.74) is -0.366. The van der Waals surface area contributed by atoms with Gasteiger partial charge in [0, 0.05) is 12.4 Å². The van der Waals surface area contributed by atoms with Crippen molar-refractivity contribution in [2.45, 2.75) is 33.1 Å². The van der Waals surface area contributed by atoms with Gasteiger partial charge < -0.3 is 9.84 Å². The molecule has 0 bridgehead atoms. The summed E-state index contributed by atoms with van der Waals surface area (Å²) in [6.07, 6.45) is 3.56. The van der Waals surface area contributed by atoms with Gasteiger partial charge in [0.2, 0.25) is 6.23 Å². The van der Waals surface area contributed by atoms with Gasteiger partial charge in [-0.1, -0.05) is 20.8 Å². The van der Waals surface area contributed by atoms with Crippen LogP contribution < -0.4 is 4.74 Å². The molecule has 0 amide bonds. The minimum absolute atomic E-state index is 0.326. The molecule has 0 saturated heterocycles. The number of halogens is 1. The molecule has 1 aromatic carbocycles. The zero-order chi connectivity index (χ0) is 14.8. The van der Waals surface area contributed by atoms with Gasteiger partial charge in [-0.2, -0.15) is 0 Å². The maximum Gasteiger partial charge on any atom is 0.203 e. The lowest BCUT2D eigenvalue weighted by atomic mass is 9.88. The molecule has 0 radical (unpaired) electrons. The van der Waals surface area contributed by atoms with Crippen LogP contribution in [0.1, 0.15) is 27.0 Å². The lowest BCUT2D eigenvalue weighted by Crippen LogP contribution is -2.38. The van der Waals surface area contributed by atoms with Crippen LogP contribution in [0.2, 0.25) is 0 Å². The van der Waals surface area contributed by atoms with Crippen molar-refractivity contribution < 1.29 is 14.2 Å². The first-order chi connectivity index (χ1) is 9.38. The van der Waals surface area contributed by atoms with Crippen molar-refractivity contribution in [1.29, 1.82) is 0 Å². The third kappa shape index (κ3) is 3.36. The molecule has 4 nitrogen and oxygen atoms in total.